The highest BCUT2D eigenvalue weighted by molar-refractivity contribution is 5.77. The summed E-state index contributed by atoms with van der Waals surface area (Å²) in [6.45, 7) is 3.71. The molecule has 0 aliphatic heterocycles. The van der Waals surface area contributed by atoms with Crippen molar-refractivity contribution in [1.82, 2.24) is 0 Å². The zero-order valence-electron chi connectivity index (χ0n) is 19.0. The van der Waals surface area contributed by atoms with Gasteiger partial charge in [0.25, 0.3) is 0 Å². The molecule has 1 aliphatic carbocycles. The monoisotopic (exact) mass is 434 g/mol. The van der Waals surface area contributed by atoms with Crippen molar-refractivity contribution in [2.24, 2.45) is 10.8 Å². The molecule has 0 spiro atoms. The molecule has 0 amide bonds. The number of carbonyl (C=O) groups is 2. The molecular weight excluding hydrogens is 396 g/mol. The lowest BCUT2D eigenvalue weighted by atomic mass is 9.82. The number of aryl methyl sites for hydroxylation is 2. The molecule has 31 heavy (non-hydrogen) atoms. The lowest BCUT2D eigenvalue weighted by Gasteiger charge is -2.22. The maximum Gasteiger partial charge on any atom is 0.309 e. The second-order valence-corrected chi connectivity index (χ2v) is 9.51. The molecule has 0 heterocycles. The maximum atomic E-state index is 11.3. The number of phenols is 2. The number of rotatable bonds is 15. The Bertz CT molecular complexity index is 768. The van der Waals surface area contributed by atoms with E-state index < -0.39 is 22.8 Å². The van der Waals surface area contributed by atoms with Gasteiger partial charge in [-0.05, 0) is 75.8 Å². The molecule has 1 fully saturated rings. The van der Waals surface area contributed by atoms with Crippen LogP contribution in [-0.4, -0.2) is 32.4 Å². The van der Waals surface area contributed by atoms with Gasteiger partial charge in [-0.2, -0.15) is 0 Å². The molecule has 6 nitrogen and oxygen atoms in total. The highest BCUT2D eigenvalue weighted by Gasteiger charge is 2.49. The lowest BCUT2D eigenvalue weighted by Crippen LogP contribution is -2.26. The first-order chi connectivity index (χ1) is 14.6. The molecule has 2 rings (SSSR count). The van der Waals surface area contributed by atoms with Crippen LogP contribution in [0.4, 0.5) is 0 Å². The van der Waals surface area contributed by atoms with Crippen LogP contribution >= 0.6 is 0 Å². The van der Waals surface area contributed by atoms with Crippen LogP contribution in [0.5, 0.6) is 11.5 Å². The smallest absolute Gasteiger partial charge is 0.309 e. The summed E-state index contributed by atoms with van der Waals surface area (Å²) >= 11 is 0. The van der Waals surface area contributed by atoms with Gasteiger partial charge in [0, 0.05) is 0 Å². The van der Waals surface area contributed by atoms with Crippen molar-refractivity contribution in [3.8, 4) is 11.5 Å². The SMILES string of the molecule is CCC(C)(CCCCCCc1ccc(CCCCC2(C(=O)O)CC2)c(O)c1O)C(=O)O. The second kappa shape index (κ2) is 10.9. The quantitative estimate of drug-likeness (QED) is 0.209. The third kappa shape index (κ3) is 6.62. The number of aromatic hydroxyl groups is 2. The van der Waals surface area contributed by atoms with Crippen LogP contribution in [0, 0.1) is 10.8 Å². The van der Waals surface area contributed by atoms with Gasteiger partial charge in [-0.1, -0.05) is 44.7 Å². The Morgan fingerprint density at radius 1 is 0.903 bits per heavy atom. The van der Waals surface area contributed by atoms with E-state index in [0.29, 0.717) is 37.7 Å². The van der Waals surface area contributed by atoms with E-state index in [9.17, 15) is 30.0 Å². The molecule has 6 heteroatoms. The Morgan fingerprint density at radius 2 is 1.42 bits per heavy atom. The van der Waals surface area contributed by atoms with Gasteiger partial charge in [-0.3, -0.25) is 9.59 Å². The van der Waals surface area contributed by atoms with Crippen LogP contribution in [0.15, 0.2) is 12.1 Å². The van der Waals surface area contributed by atoms with Crippen molar-refractivity contribution in [3.05, 3.63) is 23.3 Å². The number of carboxylic acid groups (broad SMARTS) is 2. The van der Waals surface area contributed by atoms with Crippen molar-refractivity contribution in [2.75, 3.05) is 0 Å². The first-order valence-corrected chi connectivity index (χ1v) is 11.6. The minimum absolute atomic E-state index is 0.0499. The molecule has 1 atom stereocenters. The summed E-state index contributed by atoms with van der Waals surface area (Å²) in [5.41, 5.74) is 0.283. The highest BCUT2D eigenvalue weighted by atomic mass is 16.4. The zero-order valence-corrected chi connectivity index (χ0v) is 19.0. The van der Waals surface area contributed by atoms with Gasteiger partial charge in [0.15, 0.2) is 11.5 Å². The fourth-order valence-electron chi connectivity index (χ4n) is 4.19. The molecule has 174 valence electrons. The average molecular weight is 435 g/mol. The van der Waals surface area contributed by atoms with E-state index in [4.69, 9.17) is 0 Å². The molecule has 1 saturated carbocycles. The van der Waals surface area contributed by atoms with Gasteiger partial charge < -0.3 is 20.4 Å². The molecule has 1 aliphatic rings. The number of hydrogen-bond acceptors (Lipinski definition) is 4. The summed E-state index contributed by atoms with van der Waals surface area (Å²) in [5, 5.41) is 39.2. The Labute approximate surface area is 185 Å². The largest absolute Gasteiger partial charge is 0.504 e. The number of hydrogen-bond donors (Lipinski definition) is 4. The van der Waals surface area contributed by atoms with E-state index in [1.807, 2.05) is 19.1 Å². The topological polar surface area (TPSA) is 115 Å². The highest BCUT2D eigenvalue weighted by Crippen LogP contribution is 2.50. The summed E-state index contributed by atoms with van der Waals surface area (Å²) in [4.78, 5) is 22.6. The number of benzene rings is 1. The summed E-state index contributed by atoms with van der Waals surface area (Å²) < 4.78 is 0. The predicted molar refractivity (Wildman–Crippen MR) is 119 cm³/mol. The molecule has 0 bridgehead atoms. The third-order valence-electron chi connectivity index (χ3n) is 7.20. The van der Waals surface area contributed by atoms with E-state index in [1.54, 1.807) is 6.92 Å². The van der Waals surface area contributed by atoms with Crippen LogP contribution in [0.25, 0.3) is 0 Å². The van der Waals surface area contributed by atoms with Gasteiger partial charge in [-0.25, -0.2) is 0 Å². The molecule has 0 aromatic heterocycles. The standard InChI is InChI=1S/C25H38O6/c1-3-24(2,22(28)29)14-8-5-4-6-10-18-12-13-19(21(27)20(18)26)11-7-9-15-25(16-17-25)23(30)31/h12-13,26-27H,3-11,14-17H2,1-2H3,(H,28,29)(H,30,31). The van der Waals surface area contributed by atoms with E-state index >= 15 is 0 Å². The van der Waals surface area contributed by atoms with Gasteiger partial charge in [0.05, 0.1) is 10.8 Å². The zero-order chi connectivity index (χ0) is 23.1. The summed E-state index contributed by atoms with van der Waals surface area (Å²) in [6, 6.07) is 3.72. The molecule has 0 radical (unpaired) electrons. The van der Waals surface area contributed by atoms with E-state index in [2.05, 4.69) is 0 Å². The summed E-state index contributed by atoms with van der Waals surface area (Å²) in [5.74, 6) is -1.54. The van der Waals surface area contributed by atoms with Gasteiger partial charge in [0.2, 0.25) is 0 Å². The van der Waals surface area contributed by atoms with Crippen LogP contribution < -0.4 is 0 Å². The maximum absolute atomic E-state index is 11.3. The van der Waals surface area contributed by atoms with Crippen LogP contribution in [0.2, 0.25) is 0 Å². The molecule has 0 saturated heterocycles. The van der Waals surface area contributed by atoms with Gasteiger partial charge >= 0.3 is 11.9 Å². The number of unbranched alkanes of at least 4 members (excludes halogenated alkanes) is 4. The molecule has 1 aromatic rings. The fourth-order valence-corrected chi connectivity index (χ4v) is 4.19. The number of aliphatic carboxylic acids is 2. The predicted octanol–water partition coefficient (Wildman–Crippen LogP) is 5.67. The van der Waals surface area contributed by atoms with Crippen molar-refractivity contribution in [2.45, 2.75) is 97.3 Å². The Morgan fingerprint density at radius 3 is 1.87 bits per heavy atom. The molecular formula is C25H38O6. The van der Waals surface area contributed by atoms with Crippen molar-refractivity contribution in [1.29, 1.82) is 0 Å². The average Bonchev–Trinajstić information content (AvgIpc) is 3.53. The van der Waals surface area contributed by atoms with E-state index in [1.165, 1.54) is 0 Å². The minimum Gasteiger partial charge on any atom is -0.504 e. The minimum atomic E-state index is -0.732. The van der Waals surface area contributed by atoms with E-state index in [-0.39, 0.29) is 11.5 Å². The van der Waals surface area contributed by atoms with Crippen molar-refractivity contribution in [3.63, 3.8) is 0 Å². The summed E-state index contributed by atoms with van der Waals surface area (Å²) in [7, 11) is 0. The van der Waals surface area contributed by atoms with Crippen LogP contribution in [0.3, 0.4) is 0 Å². The third-order valence-corrected chi connectivity index (χ3v) is 7.20. The Hall–Kier alpha value is -2.24. The first-order valence-electron chi connectivity index (χ1n) is 11.6. The van der Waals surface area contributed by atoms with Crippen LogP contribution in [-0.2, 0) is 22.4 Å². The van der Waals surface area contributed by atoms with Gasteiger partial charge in [-0.15, -0.1) is 0 Å². The van der Waals surface area contributed by atoms with E-state index in [0.717, 1.165) is 56.9 Å². The number of carboxylic acids is 2. The molecule has 4 N–H and O–H groups in total. The Kier molecular flexibility index (Phi) is 8.78. The number of phenolic OH excluding ortho intramolecular Hbond substituents is 2. The Balaban J connectivity index is 1.71. The summed E-state index contributed by atoms with van der Waals surface area (Å²) in [6.07, 6.45) is 10.0. The second-order valence-electron chi connectivity index (χ2n) is 9.51. The molecule has 1 aromatic carbocycles. The van der Waals surface area contributed by atoms with Crippen molar-refractivity contribution < 1.29 is 30.0 Å². The van der Waals surface area contributed by atoms with Crippen molar-refractivity contribution >= 4 is 11.9 Å². The van der Waals surface area contributed by atoms with Gasteiger partial charge in [0.1, 0.15) is 0 Å². The normalized spacial score (nSPS) is 16.6. The fraction of sp³-hybridized carbons (Fsp3) is 0.680. The van der Waals surface area contributed by atoms with Crippen LogP contribution in [0.1, 0.15) is 95.6 Å². The lowest BCUT2D eigenvalue weighted by molar-refractivity contribution is -0.148. The molecule has 1 unspecified atom stereocenters. The first kappa shape index (κ1) is 25.0.